The summed E-state index contributed by atoms with van der Waals surface area (Å²) in [6.45, 7) is 1.27. The van der Waals surface area contributed by atoms with Crippen molar-refractivity contribution in [1.82, 2.24) is 9.13 Å². The number of nitrogens with zero attached hydrogens (tertiary/aromatic N) is 2. The van der Waals surface area contributed by atoms with E-state index in [0.717, 1.165) is 48.7 Å². The summed E-state index contributed by atoms with van der Waals surface area (Å²) in [5, 5.41) is 8.66. The number of unbranched alkanes of at least 4 members (excludes halogenated alkanes) is 4. The highest BCUT2D eigenvalue weighted by Gasteiger charge is 2.12. The van der Waals surface area contributed by atoms with Gasteiger partial charge in [0.2, 0.25) is 0 Å². The lowest BCUT2D eigenvalue weighted by atomic mass is 10.1. The molecule has 0 aliphatic rings. The number of carbonyl (C=O) groups is 1. The zero-order chi connectivity index (χ0) is 19.1. The Hall–Kier alpha value is -2.82. The number of imidazole rings is 1. The Balaban J connectivity index is 1.68. The second kappa shape index (κ2) is 9.21. The van der Waals surface area contributed by atoms with E-state index >= 15 is 0 Å². The number of rotatable bonds is 10. The molecule has 0 saturated carbocycles. The minimum absolute atomic E-state index is 0.0333. The number of aryl methyl sites for hydroxylation is 1. The molecule has 0 aliphatic heterocycles. The number of fused-ring (bicyclic) bond motifs is 1. The van der Waals surface area contributed by atoms with Gasteiger partial charge in [-0.2, -0.15) is 0 Å². The highest BCUT2D eigenvalue weighted by atomic mass is 16.4. The lowest BCUT2D eigenvalue weighted by molar-refractivity contribution is -0.137. The minimum Gasteiger partial charge on any atom is -0.481 e. The van der Waals surface area contributed by atoms with Crippen LogP contribution in [0.3, 0.4) is 0 Å². The van der Waals surface area contributed by atoms with Gasteiger partial charge in [-0.15, -0.1) is 0 Å². The van der Waals surface area contributed by atoms with Crippen molar-refractivity contribution in [3.63, 3.8) is 0 Å². The lowest BCUT2D eigenvalue weighted by Crippen LogP contribution is -2.24. The van der Waals surface area contributed by atoms with Gasteiger partial charge >= 0.3 is 11.7 Å². The lowest BCUT2D eigenvalue weighted by Gasteiger charge is -2.04. The number of hydrogen-bond acceptors (Lipinski definition) is 2. The van der Waals surface area contributed by atoms with E-state index in [1.165, 1.54) is 0 Å². The monoisotopic (exact) mass is 366 g/mol. The summed E-state index contributed by atoms with van der Waals surface area (Å²) in [6, 6.07) is 18.0. The molecule has 0 atom stereocenters. The van der Waals surface area contributed by atoms with Gasteiger partial charge in [-0.05, 0) is 30.5 Å². The van der Waals surface area contributed by atoms with Gasteiger partial charge in [-0.3, -0.25) is 13.9 Å². The van der Waals surface area contributed by atoms with Crippen molar-refractivity contribution in [3.05, 3.63) is 70.6 Å². The molecule has 1 N–H and O–H groups in total. The third-order valence-electron chi connectivity index (χ3n) is 4.88. The summed E-state index contributed by atoms with van der Waals surface area (Å²) in [5.41, 5.74) is 3.09. The average Bonchev–Trinajstić information content (AvgIpc) is 2.93. The van der Waals surface area contributed by atoms with E-state index in [1.807, 2.05) is 63.7 Å². The second-order valence-corrected chi connectivity index (χ2v) is 6.91. The predicted molar refractivity (Wildman–Crippen MR) is 107 cm³/mol. The minimum atomic E-state index is -0.729. The second-order valence-electron chi connectivity index (χ2n) is 6.91. The molecule has 3 rings (SSSR count). The molecule has 0 bridgehead atoms. The Morgan fingerprint density at radius 3 is 2.07 bits per heavy atom. The zero-order valence-corrected chi connectivity index (χ0v) is 15.5. The third kappa shape index (κ3) is 4.88. The van der Waals surface area contributed by atoms with Crippen molar-refractivity contribution in [2.75, 3.05) is 0 Å². The van der Waals surface area contributed by atoms with Gasteiger partial charge in [0.1, 0.15) is 0 Å². The van der Waals surface area contributed by atoms with Crippen LogP contribution in [0.15, 0.2) is 59.4 Å². The molecule has 0 spiro atoms. The number of hydrogen-bond donors (Lipinski definition) is 1. The Labute approximate surface area is 158 Å². The van der Waals surface area contributed by atoms with Crippen LogP contribution in [-0.4, -0.2) is 20.2 Å². The molecule has 0 radical (unpaired) electrons. The predicted octanol–water partition coefficient (Wildman–Crippen LogP) is 4.28. The smallest absolute Gasteiger partial charge is 0.329 e. The van der Waals surface area contributed by atoms with Crippen LogP contribution in [0.5, 0.6) is 0 Å². The van der Waals surface area contributed by atoms with Gasteiger partial charge < -0.3 is 5.11 Å². The molecule has 5 heteroatoms. The maximum atomic E-state index is 13.0. The van der Waals surface area contributed by atoms with E-state index in [2.05, 4.69) is 0 Å². The summed E-state index contributed by atoms with van der Waals surface area (Å²) in [4.78, 5) is 23.5. The first-order chi connectivity index (χ1) is 13.2. The Morgan fingerprint density at radius 2 is 1.37 bits per heavy atom. The number of para-hydroxylation sites is 2. The van der Waals surface area contributed by atoms with E-state index in [9.17, 15) is 9.59 Å². The van der Waals surface area contributed by atoms with Crippen molar-refractivity contribution < 1.29 is 9.90 Å². The van der Waals surface area contributed by atoms with Gasteiger partial charge in [0.25, 0.3) is 0 Å². The number of benzene rings is 2. The molecule has 1 heterocycles. The first-order valence-corrected chi connectivity index (χ1v) is 9.60. The molecule has 0 amide bonds. The van der Waals surface area contributed by atoms with Crippen LogP contribution in [-0.2, 0) is 17.9 Å². The summed E-state index contributed by atoms with van der Waals surface area (Å²) < 4.78 is 3.72. The molecule has 0 aliphatic carbocycles. The number of aliphatic carboxylic acids is 1. The Kier molecular flexibility index (Phi) is 6.47. The summed E-state index contributed by atoms with van der Waals surface area (Å²) in [7, 11) is 0. The number of aromatic nitrogens is 2. The third-order valence-corrected chi connectivity index (χ3v) is 4.88. The van der Waals surface area contributed by atoms with Crippen molar-refractivity contribution in [2.45, 2.75) is 51.6 Å². The molecule has 142 valence electrons. The molecular formula is C22H26N2O3. The van der Waals surface area contributed by atoms with E-state index < -0.39 is 5.97 Å². The summed E-state index contributed by atoms with van der Waals surface area (Å²) >= 11 is 0. The van der Waals surface area contributed by atoms with E-state index in [0.29, 0.717) is 13.1 Å². The molecular weight excluding hydrogens is 340 g/mol. The van der Waals surface area contributed by atoms with Gasteiger partial charge in [0.15, 0.2) is 0 Å². The highest BCUT2D eigenvalue weighted by molar-refractivity contribution is 5.76. The maximum Gasteiger partial charge on any atom is 0.329 e. The van der Waals surface area contributed by atoms with Crippen LogP contribution in [0, 0.1) is 0 Å². The number of carboxylic acid groups (broad SMARTS) is 1. The van der Waals surface area contributed by atoms with Crippen LogP contribution in [0.4, 0.5) is 0 Å². The van der Waals surface area contributed by atoms with Crippen LogP contribution >= 0.6 is 0 Å². The van der Waals surface area contributed by atoms with Gasteiger partial charge in [-0.1, -0.05) is 61.7 Å². The SMILES string of the molecule is O=C(O)CCCCCCCn1c(=O)n(Cc2ccccc2)c2ccccc21. The molecule has 1 aromatic heterocycles. The summed E-state index contributed by atoms with van der Waals surface area (Å²) in [5.74, 6) is -0.729. The molecule has 0 unspecified atom stereocenters. The standard InChI is InChI=1S/C22H26N2O3/c25-21(26)15-7-2-1-3-10-16-23-19-13-8-9-14-20(19)24(22(23)27)17-18-11-5-4-6-12-18/h4-6,8-9,11-14H,1-3,7,10,15-17H2,(H,25,26). The molecule has 0 saturated heterocycles. The average molecular weight is 366 g/mol. The van der Waals surface area contributed by atoms with Crippen molar-refractivity contribution in [2.24, 2.45) is 0 Å². The normalized spacial score (nSPS) is 11.1. The highest BCUT2D eigenvalue weighted by Crippen LogP contribution is 2.16. The quantitative estimate of drug-likeness (QED) is 0.545. The van der Waals surface area contributed by atoms with E-state index in [4.69, 9.17) is 5.11 Å². The van der Waals surface area contributed by atoms with Crippen LogP contribution in [0.1, 0.15) is 44.1 Å². The fraction of sp³-hybridized carbons (Fsp3) is 0.364. The first kappa shape index (κ1) is 19.0. The molecule has 5 nitrogen and oxygen atoms in total. The molecule has 3 aromatic rings. The summed E-state index contributed by atoms with van der Waals surface area (Å²) in [6.07, 6.45) is 4.83. The van der Waals surface area contributed by atoms with Gasteiger partial charge in [-0.25, -0.2) is 4.79 Å². The van der Waals surface area contributed by atoms with Gasteiger partial charge in [0, 0.05) is 13.0 Å². The topological polar surface area (TPSA) is 64.2 Å². The Morgan fingerprint density at radius 1 is 0.778 bits per heavy atom. The maximum absolute atomic E-state index is 13.0. The van der Waals surface area contributed by atoms with Crippen LogP contribution < -0.4 is 5.69 Å². The van der Waals surface area contributed by atoms with E-state index in [-0.39, 0.29) is 12.1 Å². The molecule has 2 aromatic carbocycles. The molecule has 27 heavy (non-hydrogen) atoms. The van der Waals surface area contributed by atoms with Crippen molar-refractivity contribution >= 4 is 17.0 Å². The fourth-order valence-electron chi connectivity index (χ4n) is 3.48. The zero-order valence-electron chi connectivity index (χ0n) is 15.5. The fourth-order valence-corrected chi connectivity index (χ4v) is 3.48. The van der Waals surface area contributed by atoms with Crippen LogP contribution in [0.25, 0.3) is 11.0 Å². The number of carboxylic acids is 1. The van der Waals surface area contributed by atoms with Gasteiger partial charge in [0.05, 0.1) is 17.6 Å². The van der Waals surface area contributed by atoms with Crippen molar-refractivity contribution in [3.8, 4) is 0 Å². The molecule has 0 fully saturated rings. The largest absolute Gasteiger partial charge is 0.481 e. The van der Waals surface area contributed by atoms with Crippen molar-refractivity contribution in [1.29, 1.82) is 0 Å². The van der Waals surface area contributed by atoms with Crippen LogP contribution in [0.2, 0.25) is 0 Å². The Bertz CT molecular complexity index is 941. The van der Waals surface area contributed by atoms with E-state index in [1.54, 1.807) is 0 Å². The first-order valence-electron chi connectivity index (χ1n) is 9.60.